The van der Waals surface area contributed by atoms with Crippen molar-refractivity contribution < 1.29 is 4.79 Å². The summed E-state index contributed by atoms with van der Waals surface area (Å²) < 4.78 is 0. The van der Waals surface area contributed by atoms with Crippen LogP contribution in [0.15, 0.2) is 24.3 Å². The molecule has 0 heterocycles. The van der Waals surface area contributed by atoms with Crippen LogP contribution in [0.2, 0.25) is 0 Å². The molecule has 0 atom stereocenters. The predicted molar refractivity (Wildman–Crippen MR) is 80.7 cm³/mol. The average molecular weight is 283 g/mol. The summed E-state index contributed by atoms with van der Waals surface area (Å²) >= 11 is 5.76. The van der Waals surface area contributed by atoms with Crippen LogP contribution in [0.4, 0.5) is 0 Å². The molecule has 0 spiro atoms. The third-order valence-corrected chi connectivity index (χ3v) is 3.48. The van der Waals surface area contributed by atoms with E-state index in [0.717, 1.165) is 31.6 Å². The SMILES string of the molecule is CCN(CC)CCCNC(=O)c1cccc(CCl)c1. The smallest absolute Gasteiger partial charge is 0.251 e. The van der Waals surface area contributed by atoms with Gasteiger partial charge in [-0.1, -0.05) is 26.0 Å². The number of nitrogens with one attached hydrogen (secondary N) is 1. The zero-order valence-corrected chi connectivity index (χ0v) is 12.5. The van der Waals surface area contributed by atoms with Crippen molar-refractivity contribution in [3.05, 3.63) is 35.4 Å². The van der Waals surface area contributed by atoms with Crippen LogP contribution in [0.1, 0.15) is 36.2 Å². The fraction of sp³-hybridized carbons (Fsp3) is 0.533. The fourth-order valence-electron chi connectivity index (χ4n) is 1.94. The molecule has 0 bridgehead atoms. The summed E-state index contributed by atoms with van der Waals surface area (Å²) in [5, 5.41) is 2.95. The number of rotatable bonds is 8. The molecule has 1 N–H and O–H groups in total. The van der Waals surface area contributed by atoms with E-state index in [2.05, 4.69) is 24.1 Å². The number of hydrogen-bond acceptors (Lipinski definition) is 2. The number of carbonyl (C=O) groups excluding carboxylic acids is 1. The third kappa shape index (κ3) is 5.62. The lowest BCUT2D eigenvalue weighted by Gasteiger charge is -2.17. The Labute approximate surface area is 120 Å². The van der Waals surface area contributed by atoms with Gasteiger partial charge < -0.3 is 10.2 Å². The number of alkyl halides is 1. The van der Waals surface area contributed by atoms with Gasteiger partial charge in [0, 0.05) is 18.0 Å². The van der Waals surface area contributed by atoms with Crippen molar-refractivity contribution in [3.63, 3.8) is 0 Å². The number of amides is 1. The van der Waals surface area contributed by atoms with E-state index in [4.69, 9.17) is 11.6 Å². The van der Waals surface area contributed by atoms with Crippen LogP contribution < -0.4 is 5.32 Å². The first-order valence-corrected chi connectivity index (χ1v) is 7.40. The summed E-state index contributed by atoms with van der Waals surface area (Å²) in [6.45, 7) is 8.15. The van der Waals surface area contributed by atoms with Crippen LogP contribution in [0.3, 0.4) is 0 Å². The normalized spacial score (nSPS) is 10.7. The molecule has 106 valence electrons. The highest BCUT2D eigenvalue weighted by Gasteiger charge is 2.05. The Morgan fingerprint density at radius 2 is 2.05 bits per heavy atom. The van der Waals surface area contributed by atoms with Gasteiger partial charge in [0.05, 0.1) is 0 Å². The quantitative estimate of drug-likeness (QED) is 0.587. The number of hydrogen-bond donors (Lipinski definition) is 1. The van der Waals surface area contributed by atoms with E-state index in [-0.39, 0.29) is 5.91 Å². The highest BCUT2D eigenvalue weighted by Crippen LogP contribution is 2.07. The highest BCUT2D eigenvalue weighted by atomic mass is 35.5. The lowest BCUT2D eigenvalue weighted by Crippen LogP contribution is -2.29. The molecule has 1 aromatic rings. The van der Waals surface area contributed by atoms with Crippen LogP contribution >= 0.6 is 11.6 Å². The summed E-state index contributed by atoms with van der Waals surface area (Å²) in [6, 6.07) is 7.44. The van der Waals surface area contributed by atoms with E-state index in [1.54, 1.807) is 0 Å². The number of benzene rings is 1. The lowest BCUT2D eigenvalue weighted by atomic mass is 10.1. The first-order valence-electron chi connectivity index (χ1n) is 6.86. The molecular formula is C15H23ClN2O. The van der Waals surface area contributed by atoms with E-state index < -0.39 is 0 Å². The number of nitrogens with zero attached hydrogens (tertiary/aromatic N) is 1. The zero-order chi connectivity index (χ0) is 14.1. The minimum absolute atomic E-state index is 0.0217. The predicted octanol–water partition coefficient (Wildman–Crippen LogP) is 2.89. The molecule has 3 nitrogen and oxygen atoms in total. The van der Waals surface area contributed by atoms with Crippen molar-refractivity contribution in [2.45, 2.75) is 26.1 Å². The summed E-state index contributed by atoms with van der Waals surface area (Å²) in [7, 11) is 0. The second-order valence-electron chi connectivity index (χ2n) is 4.47. The Balaban J connectivity index is 2.34. The van der Waals surface area contributed by atoms with Gasteiger partial charge in [-0.05, 0) is 43.8 Å². The maximum Gasteiger partial charge on any atom is 0.251 e. The molecule has 1 rings (SSSR count). The molecule has 0 aliphatic heterocycles. The molecule has 1 amide bonds. The Morgan fingerprint density at radius 3 is 2.68 bits per heavy atom. The first-order chi connectivity index (χ1) is 9.21. The van der Waals surface area contributed by atoms with E-state index in [0.29, 0.717) is 18.0 Å². The summed E-state index contributed by atoms with van der Waals surface area (Å²) in [6.07, 6.45) is 0.975. The van der Waals surface area contributed by atoms with Gasteiger partial charge in [-0.15, -0.1) is 11.6 Å². The van der Waals surface area contributed by atoms with Crippen LogP contribution in [-0.4, -0.2) is 37.0 Å². The van der Waals surface area contributed by atoms with Crippen molar-refractivity contribution in [3.8, 4) is 0 Å². The Hall–Kier alpha value is -1.06. The van der Waals surface area contributed by atoms with Crippen LogP contribution in [-0.2, 0) is 5.88 Å². The fourth-order valence-corrected chi connectivity index (χ4v) is 2.11. The van der Waals surface area contributed by atoms with Crippen molar-refractivity contribution in [1.82, 2.24) is 10.2 Å². The molecule has 4 heteroatoms. The molecule has 0 aliphatic rings. The van der Waals surface area contributed by atoms with Crippen LogP contribution in [0, 0.1) is 0 Å². The molecule has 0 fully saturated rings. The van der Waals surface area contributed by atoms with Gasteiger partial charge in [0.1, 0.15) is 0 Å². The topological polar surface area (TPSA) is 32.3 Å². The Bertz CT molecular complexity index is 391. The largest absolute Gasteiger partial charge is 0.352 e. The molecule has 0 saturated carbocycles. The van der Waals surface area contributed by atoms with Crippen molar-refractivity contribution >= 4 is 17.5 Å². The molecule has 0 radical (unpaired) electrons. The van der Waals surface area contributed by atoms with Gasteiger partial charge in [-0.25, -0.2) is 0 Å². The summed E-state index contributed by atoms with van der Waals surface area (Å²) in [5.74, 6) is 0.412. The second-order valence-corrected chi connectivity index (χ2v) is 4.74. The zero-order valence-electron chi connectivity index (χ0n) is 11.8. The standard InChI is InChI=1S/C15H23ClN2O/c1-3-18(4-2)10-6-9-17-15(19)14-8-5-7-13(11-14)12-16/h5,7-8,11H,3-4,6,9-10,12H2,1-2H3,(H,17,19). The molecule has 0 aromatic heterocycles. The van der Waals surface area contributed by atoms with Gasteiger partial charge in [-0.2, -0.15) is 0 Å². The minimum atomic E-state index is -0.0217. The lowest BCUT2D eigenvalue weighted by molar-refractivity contribution is 0.0951. The average Bonchev–Trinajstić information content (AvgIpc) is 2.47. The van der Waals surface area contributed by atoms with Gasteiger partial charge in [0.15, 0.2) is 0 Å². The third-order valence-electron chi connectivity index (χ3n) is 3.17. The van der Waals surface area contributed by atoms with Gasteiger partial charge >= 0.3 is 0 Å². The number of halogens is 1. The minimum Gasteiger partial charge on any atom is -0.352 e. The highest BCUT2D eigenvalue weighted by molar-refractivity contribution is 6.17. The Kier molecular flexibility index (Phi) is 7.53. The van der Waals surface area contributed by atoms with E-state index >= 15 is 0 Å². The maximum absolute atomic E-state index is 11.9. The molecule has 0 unspecified atom stereocenters. The number of carbonyl (C=O) groups is 1. The van der Waals surface area contributed by atoms with Crippen molar-refractivity contribution in [2.75, 3.05) is 26.2 Å². The molecule has 0 aliphatic carbocycles. The van der Waals surface area contributed by atoms with Crippen LogP contribution in [0.25, 0.3) is 0 Å². The maximum atomic E-state index is 11.9. The monoisotopic (exact) mass is 282 g/mol. The first kappa shape index (κ1) is 16.0. The van der Waals surface area contributed by atoms with Crippen LogP contribution in [0.5, 0.6) is 0 Å². The molecule has 19 heavy (non-hydrogen) atoms. The van der Waals surface area contributed by atoms with Crippen molar-refractivity contribution in [2.24, 2.45) is 0 Å². The molecule has 0 saturated heterocycles. The van der Waals surface area contributed by atoms with Gasteiger partial charge in [-0.3, -0.25) is 4.79 Å². The molecular weight excluding hydrogens is 260 g/mol. The van der Waals surface area contributed by atoms with Gasteiger partial charge in [0.2, 0.25) is 0 Å². The summed E-state index contributed by atoms with van der Waals surface area (Å²) in [5.41, 5.74) is 1.65. The molecule has 1 aromatic carbocycles. The van der Waals surface area contributed by atoms with E-state index in [1.165, 1.54) is 0 Å². The van der Waals surface area contributed by atoms with Crippen molar-refractivity contribution in [1.29, 1.82) is 0 Å². The Morgan fingerprint density at radius 1 is 1.32 bits per heavy atom. The second kappa shape index (κ2) is 8.94. The summed E-state index contributed by atoms with van der Waals surface area (Å²) in [4.78, 5) is 14.3. The van der Waals surface area contributed by atoms with E-state index in [1.807, 2.05) is 24.3 Å². The van der Waals surface area contributed by atoms with E-state index in [9.17, 15) is 4.79 Å². The van der Waals surface area contributed by atoms with Gasteiger partial charge in [0.25, 0.3) is 5.91 Å².